The van der Waals surface area contributed by atoms with Crippen molar-refractivity contribution in [2.45, 2.75) is 39.8 Å². The van der Waals surface area contributed by atoms with Gasteiger partial charge in [-0.3, -0.25) is 0 Å². The van der Waals surface area contributed by atoms with Gasteiger partial charge in [-0.2, -0.15) is 11.8 Å². The Morgan fingerprint density at radius 1 is 1.47 bits per heavy atom. The normalized spacial score (nSPS) is 12.5. The summed E-state index contributed by atoms with van der Waals surface area (Å²) in [5.41, 5.74) is 2.24. The molecule has 0 radical (unpaired) electrons. The first-order valence-electron chi connectivity index (χ1n) is 6.85. The zero-order valence-corrected chi connectivity index (χ0v) is 13.5. The van der Waals surface area contributed by atoms with E-state index < -0.39 is 0 Å². The molecule has 5 heteroatoms. The van der Waals surface area contributed by atoms with Crippen molar-refractivity contribution < 1.29 is 0 Å². The van der Waals surface area contributed by atoms with Crippen molar-refractivity contribution in [1.29, 1.82) is 0 Å². The molecular formula is C14H26N4S. The van der Waals surface area contributed by atoms with Crippen LogP contribution in [0.25, 0.3) is 0 Å². The number of aromatic nitrogens is 2. The minimum Gasteiger partial charge on any atom is -0.341 e. The first-order valence-corrected chi connectivity index (χ1v) is 8.24. The van der Waals surface area contributed by atoms with E-state index in [1.54, 1.807) is 0 Å². The molecule has 0 aliphatic rings. The maximum Gasteiger partial charge on any atom is 0.225 e. The average Bonchev–Trinajstić information content (AvgIpc) is 2.42. The fraction of sp³-hybridized carbons (Fsp3) is 0.714. The molecule has 1 rings (SSSR count). The number of thioether (sulfide) groups is 1. The van der Waals surface area contributed by atoms with Gasteiger partial charge in [-0.05, 0) is 38.8 Å². The predicted octanol–water partition coefficient (Wildman–Crippen LogP) is 2.47. The molecule has 4 nitrogen and oxygen atoms in total. The van der Waals surface area contributed by atoms with E-state index in [0.717, 1.165) is 31.2 Å². The van der Waals surface area contributed by atoms with Crippen LogP contribution in [-0.4, -0.2) is 41.6 Å². The van der Waals surface area contributed by atoms with E-state index in [-0.39, 0.29) is 0 Å². The summed E-state index contributed by atoms with van der Waals surface area (Å²) in [4.78, 5) is 11.3. The smallest absolute Gasteiger partial charge is 0.225 e. The summed E-state index contributed by atoms with van der Waals surface area (Å²) in [7, 11) is 2.07. The molecule has 0 aromatic carbocycles. The predicted molar refractivity (Wildman–Crippen MR) is 85.0 cm³/mol. The van der Waals surface area contributed by atoms with Gasteiger partial charge in [0.1, 0.15) is 0 Å². The van der Waals surface area contributed by atoms with Crippen molar-refractivity contribution in [3.8, 4) is 0 Å². The Balaban J connectivity index is 2.70. The first kappa shape index (κ1) is 16.2. The number of hydrogen-bond acceptors (Lipinski definition) is 5. The number of nitrogens with zero attached hydrogens (tertiary/aromatic N) is 3. The molecule has 0 aliphatic carbocycles. The molecule has 19 heavy (non-hydrogen) atoms. The SMILES string of the molecule is CCNCc1cnc(N(C)C(C)CCSC)nc1C. The third-order valence-electron chi connectivity index (χ3n) is 3.35. The van der Waals surface area contributed by atoms with Crippen LogP contribution in [0.15, 0.2) is 6.20 Å². The Morgan fingerprint density at radius 2 is 2.21 bits per heavy atom. The summed E-state index contributed by atoms with van der Waals surface area (Å²) in [6.45, 7) is 8.19. The van der Waals surface area contributed by atoms with E-state index in [1.807, 2.05) is 18.0 Å². The van der Waals surface area contributed by atoms with E-state index in [4.69, 9.17) is 0 Å². The van der Waals surface area contributed by atoms with Crippen LogP contribution in [0, 0.1) is 6.92 Å². The number of hydrogen-bond donors (Lipinski definition) is 1. The van der Waals surface area contributed by atoms with E-state index in [9.17, 15) is 0 Å². The number of rotatable bonds is 8. The van der Waals surface area contributed by atoms with Gasteiger partial charge < -0.3 is 10.2 Å². The Bertz CT molecular complexity index is 384. The van der Waals surface area contributed by atoms with Gasteiger partial charge in [0.25, 0.3) is 0 Å². The lowest BCUT2D eigenvalue weighted by Gasteiger charge is -2.25. The molecule has 1 N–H and O–H groups in total. The lowest BCUT2D eigenvalue weighted by molar-refractivity contribution is 0.649. The third kappa shape index (κ3) is 4.99. The van der Waals surface area contributed by atoms with Crippen LogP contribution in [0.2, 0.25) is 0 Å². The van der Waals surface area contributed by atoms with Crippen molar-refractivity contribution in [2.24, 2.45) is 0 Å². The Morgan fingerprint density at radius 3 is 2.79 bits per heavy atom. The summed E-state index contributed by atoms with van der Waals surface area (Å²) >= 11 is 1.88. The van der Waals surface area contributed by atoms with Gasteiger partial charge >= 0.3 is 0 Å². The maximum atomic E-state index is 4.62. The monoisotopic (exact) mass is 282 g/mol. The highest BCUT2D eigenvalue weighted by Crippen LogP contribution is 2.15. The van der Waals surface area contributed by atoms with Gasteiger partial charge in [0.2, 0.25) is 5.95 Å². The van der Waals surface area contributed by atoms with Crippen molar-refractivity contribution in [1.82, 2.24) is 15.3 Å². The standard InChI is InChI=1S/C14H26N4S/c1-6-15-9-13-10-16-14(17-12(13)3)18(4)11(2)7-8-19-5/h10-11,15H,6-9H2,1-5H3. The van der Waals surface area contributed by atoms with Crippen LogP contribution in [0.1, 0.15) is 31.5 Å². The van der Waals surface area contributed by atoms with Gasteiger partial charge in [-0.1, -0.05) is 6.92 Å². The molecule has 1 atom stereocenters. The number of anilines is 1. The van der Waals surface area contributed by atoms with E-state index in [0.29, 0.717) is 6.04 Å². The zero-order valence-electron chi connectivity index (χ0n) is 12.7. The molecule has 0 spiro atoms. The molecule has 0 aliphatic heterocycles. The van der Waals surface area contributed by atoms with Gasteiger partial charge in [0, 0.05) is 37.1 Å². The summed E-state index contributed by atoms with van der Waals surface area (Å²) in [5, 5.41) is 3.31. The topological polar surface area (TPSA) is 41.1 Å². The molecule has 1 aromatic heterocycles. The minimum atomic E-state index is 0.464. The largest absolute Gasteiger partial charge is 0.341 e. The molecule has 1 heterocycles. The van der Waals surface area contributed by atoms with Crippen molar-refractivity contribution in [3.05, 3.63) is 17.5 Å². The molecule has 1 unspecified atom stereocenters. The van der Waals surface area contributed by atoms with E-state index in [1.165, 1.54) is 11.3 Å². The zero-order chi connectivity index (χ0) is 14.3. The van der Waals surface area contributed by atoms with Crippen LogP contribution in [0.5, 0.6) is 0 Å². The first-order chi connectivity index (χ1) is 9.10. The summed E-state index contributed by atoms with van der Waals surface area (Å²) in [5.74, 6) is 1.99. The van der Waals surface area contributed by atoms with Crippen LogP contribution >= 0.6 is 11.8 Å². The van der Waals surface area contributed by atoms with E-state index in [2.05, 4.69) is 54.3 Å². The third-order valence-corrected chi connectivity index (χ3v) is 3.99. The molecular weight excluding hydrogens is 256 g/mol. The second-order valence-electron chi connectivity index (χ2n) is 4.80. The highest BCUT2D eigenvalue weighted by atomic mass is 32.2. The van der Waals surface area contributed by atoms with Crippen LogP contribution in [0.4, 0.5) is 5.95 Å². The molecule has 1 aromatic rings. The fourth-order valence-corrected chi connectivity index (χ4v) is 2.34. The Labute approximate surface area is 121 Å². The van der Waals surface area contributed by atoms with Crippen LogP contribution < -0.4 is 10.2 Å². The maximum absolute atomic E-state index is 4.62. The number of nitrogens with one attached hydrogen (secondary N) is 1. The lowest BCUT2D eigenvalue weighted by atomic mass is 10.2. The molecule has 0 bridgehead atoms. The summed E-state index contributed by atoms with van der Waals surface area (Å²) < 4.78 is 0. The van der Waals surface area contributed by atoms with E-state index >= 15 is 0 Å². The fourth-order valence-electron chi connectivity index (χ4n) is 1.76. The van der Waals surface area contributed by atoms with Gasteiger partial charge in [0.05, 0.1) is 0 Å². The molecule has 0 fully saturated rings. The molecule has 0 amide bonds. The Kier molecular flexibility index (Phi) is 7.16. The minimum absolute atomic E-state index is 0.464. The van der Waals surface area contributed by atoms with Gasteiger partial charge in [0.15, 0.2) is 0 Å². The highest BCUT2D eigenvalue weighted by Gasteiger charge is 2.13. The highest BCUT2D eigenvalue weighted by molar-refractivity contribution is 7.98. The van der Waals surface area contributed by atoms with Crippen LogP contribution in [0.3, 0.4) is 0 Å². The number of aryl methyl sites for hydroxylation is 1. The van der Waals surface area contributed by atoms with Crippen molar-refractivity contribution in [3.63, 3.8) is 0 Å². The van der Waals surface area contributed by atoms with Gasteiger partial charge in [-0.15, -0.1) is 0 Å². The molecule has 0 saturated heterocycles. The Hall–Kier alpha value is -0.810. The quantitative estimate of drug-likeness (QED) is 0.793. The summed E-state index contributed by atoms with van der Waals surface area (Å²) in [6, 6.07) is 0.464. The van der Waals surface area contributed by atoms with Crippen molar-refractivity contribution >= 4 is 17.7 Å². The molecule has 0 saturated carbocycles. The summed E-state index contributed by atoms with van der Waals surface area (Å²) in [6.07, 6.45) is 5.24. The second kappa shape index (κ2) is 8.38. The van der Waals surface area contributed by atoms with Gasteiger partial charge in [-0.25, -0.2) is 9.97 Å². The molecule has 108 valence electrons. The average molecular weight is 282 g/mol. The van der Waals surface area contributed by atoms with Crippen LogP contribution in [-0.2, 0) is 6.54 Å². The lowest BCUT2D eigenvalue weighted by Crippen LogP contribution is -2.31. The second-order valence-corrected chi connectivity index (χ2v) is 5.79. The van der Waals surface area contributed by atoms with Crippen molar-refractivity contribution in [2.75, 3.05) is 30.5 Å².